The highest BCUT2D eigenvalue weighted by Crippen LogP contribution is 2.11. The van der Waals surface area contributed by atoms with E-state index < -0.39 is 5.92 Å². The van der Waals surface area contributed by atoms with Crippen molar-refractivity contribution in [2.24, 2.45) is 15.9 Å². The van der Waals surface area contributed by atoms with Gasteiger partial charge in [-0.3, -0.25) is 9.98 Å². The SMILES string of the molecule is N#CC(C=Nc1ccccc1)C=Nc1ccccc1. The van der Waals surface area contributed by atoms with E-state index in [1.165, 1.54) is 0 Å². The topological polar surface area (TPSA) is 48.5 Å². The average molecular weight is 247 g/mol. The van der Waals surface area contributed by atoms with Crippen LogP contribution in [0.5, 0.6) is 0 Å². The van der Waals surface area contributed by atoms with Gasteiger partial charge in [0.05, 0.1) is 17.4 Å². The van der Waals surface area contributed by atoms with Crippen LogP contribution < -0.4 is 0 Å². The first-order chi connectivity index (χ1) is 9.38. The molecule has 0 amide bonds. The van der Waals surface area contributed by atoms with E-state index in [4.69, 9.17) is 5.26 Å². The summed E-state index contributed by atoms with van der Waals surface area (Å²) in [5, 5.41) is 9.05. The lowest BCUT2D eigenvalue weighted by Gasteiger charge is -1.96. The number of hydrogen-bond acceptors (Lipinski definition) is 3. The number of nitrogens with zero attached hydrogens (tertiary/aromatic N) is 3. The Balaban J connectivity index is 2.04. The van der Waals surface area contributed by atoms with Crippen molar-refractivity contribution >= 4 is 23.8 Å². The van der Waals surface area contributed by atoms with Crippen molar-refractivity contribution in [3.8, 4) is 6.07 Å². The molecule has 0 radical (unpaired) electrons. The molecule has 0 fully saturated rings. The van der Waals surface area contributed by atoms with Crippen LogP contribution in [-0.4, -0.2) is 12.4 Å². The maximum absolute atomic E-state index is 9.05. The number of rotatable bonds is 4. The van der Waals surface area contributed by atoms with Gasteiger partial charge < -0.3 is 0 Å². The number of para-hydroxylation sites is 2. The molecule has 0 spiro atoms. The zero-order valence-electron chi connectivity index (χ0n) is 10.3. The van der Waals surface area contributed by atoms with E-state index in [-0.39, 0.29) is 0 Å². The molecule has 0 atom stereocenters. The predicted molar refractivity (Wildman–Crippen MR) is 78.3 cm³/mol. The van der Waals surface area contributed by atoms with E-state index in [2.05, 4.69) is 16.1 Å². The van der Waals surface area contributed by atoms with E-state index in [1.807, 2.05) is 60.7 Å². The first-order valence-electron chi connectivity index (χ1n) is 5.96. The van der Waals surface area contributed by atoms with Crippen LogP contribution in [0.2, 0.25) is 0 Å². The van der Waals surface area contributed by atoms with Crippen molar-refractivity contribution in [1.29, 1.82) is 5.26 Å². The quantitative estimate of drug-likeness (QED) is 0.755. The molecule has 0 heterocycles. The number of hydrogen-bond donors (Lipinski definition) is 0. The molecule has 0 unspecified atom stereocenters. The van der Waals surface area contributed by atoms with Gasteiger partial charge in [0.25, 0.3) is 0 Å². The Bertz CT molecular complexity index is 545. The lowest BCUT2D eigenvalue weighted by Crippen LogP contribution is -1.99. The highest BCUT2D eigenvalue weighted by molar-refractivity contribution is 5.89. The van der Waals surface area contributed by atoms with Crippen LogP contribution in [0.4, 0.5) is 11.4 Å². The van der Waals surface area contributed by atoms with Crippen LogP contribution in [0.1, 0.15) is 0 Å². The largest absolute Gasteiger partial charge is 0.259 e. The van der Waals surface area contributed by atoms with Crippen LogP contribution in [-0.2, 0) is 0 Å². The smallest absolute Gasteiger partial charge is 0.117 e. The fourth-order valence-corrected chi connectivity index (χ4v) is 1.47. The van der Waals surface area contributed by atoms with Gasteiger partial charge in [-0.05, 0) is 24.3 Å². The normalized spacial score (nSPS) is 12.6. The van der Waals surface area contributed by atoms with Crippen molar-refractivity contribution in [1.82, 2.24) is 0 Å². The Kier molecular flexibility index (Phi) is 4.60. The molecule has 2 aromatic rings. The van der Waals surface area contributed by atoms with Crippen molar-refractivity contribution in [2.75, 3.05) is 0 Å². The molecule has 0 saturated heterocycles. The Hall–Kier alpha value is -2.73. The van der Waals surface area contributed by atoms with Gasteiger partial charge in [-0.25, -0.2) is 0 Å². The van der Waals surface area contributed by atoms with Crippen LogP contribution >= 0.6 is 0 Å². The first kappa shape index (κ1) is 12.7. The zero-order chi connectivity index (χ0) is 13.3. The Labute approximate surface area is 112 Å². The van der Waals surface area contributed by atoms with Gasteiger partial charge in [-0.15, -0.1) is 0 Å². The molecular weight excluding hydrogens is 234 g/mol. The molecule has 3 heteroatoms. The summed E-state index contributed by atoms with van der Waals surface area (Å²) in [7, 11) is 0. The minimum Gasteiger partial charge on any atom is -0.259 e. The van der Waals surface area contributed by atoms with Gasteiger partial charge in [-0.2, -0.15) is 5.26 Å². The molecule has 0 aromatic heterocycles. The second-order valence-electron chi connectivity index (χ2n) is 3.88. The number of aliphatic imine (C=N–C) groups is 2. The predicted octanol–water partition coefficient (Wildman–Crippen LogP) is 3.93. The zero-order valence-corrected chi connectivity index (χ0v) is 10.3. The van der Waals surface area contributed by atoms with E-state index in [0.29, 0.717) is 0 Å². The Morgan fingerprint density at radius 2 is 1.21 bits per heavy atom. The molecule has 2 aromatic carbocycles. The van der Waals surface area contributed by atoms with Crippen molar-refractivity contribution in [3.05, 3.63) is 60.7 Å². The van der Waals surface area contributed by atoms with Crippen molar-refractivity contribution in [2.45, 2.75) is 0 Å². The van der Waals surface area contributed by atoms with E-state index in [0.717, 1.165) is 11.4 Å². The Morgan fingerprint density at radius 1 is 0.789 bits per heavy atom. The molecule has 0 bridgehead atoms. The highest BCUT2D eigenvalue weighted by Gasteiger charge is 1.98. The van der Waals surface area contributed by atoms with Crippen LogP contribution in [0, 0.1) is 17.2 Å². The number of nitriles is 1. The molecule has 0 N–H and O–H groups in total. The molecule has 2 rings (SSSR count). The molecule has 3 nitrogen and oxygen atoms in total. The molecule has 19 heavy (non-hydrogen) atoms. The third kappa shape index (κ3) is 4.21. The maximum atomic E-state index is 9.05. The summed E-state index contributed by atoms with van der Waals surface area (Å²) in [5.74, 6) is -0.430. The van der Waals surface area contributed by atoms with Crippen molar-refractivity contribution in [3.63, 3.8) is 0 Å². The van der Waals surface area contributed by atoms with Crippen LogP contribution in [0.25, 0.3) is 0 Å². The second-order valence-corrected chi connectivity index (χ2v) is 3.88. The molecular formula is C16H13N3. The molecule has 0 saturated carbocycles. The maximum Gasteiger partial charge on any atom is 0.117 e. The Morgan fingerprint density at radius 3 is 1.58 bits per heavy atom. The summed E-state index contributed by atoms with van der Waals surface area (Å²) in [4.78, 5) is 8.50. The van der Waals surface area contributed by atoms with Gasteiger partial charge in [0.1, 0.15) is 5.92 Å². The highest BCUT2D eigenvalue weighted by atomic mass is 14.7. The van der Waals surface area contributed by atoms with E-state index >= 15 is 0 Å². The average Bonchev–Trinajstić information content (AvgIpc) is 2.49. The van der Waals surface area contributed by atoms with Crippen LogP contribution in [0.3, 0.4) is 0 Å². The van der Waals surface area contributed by atoms with Gasteiger partial charge in [-0.1, -0.05) is 36.4 Å². The minimum atomic E-state index is -0.430. The molecule has 92 valence electrons. The van der Waals surface area contributed by atoms with Gasteiger partial charge >= 0.3 is 0 Å². The van der Waals surface area contributed by atoms with Gasteiger partial charge in [0, 0.05) is 12.4 Å². The summed E-state index contributed by atoms with van der Waals surface area (Å²) in [5.41, 5.74) is 1.66. The van der Waals surface area contributed by atoms with Gasteiger partial charge in [0.2, 0.25) is 0 Å². The molecule has 0 aliphatic rings. The summed E-state index contributed by atoms with van der Waals surface area (Å²) < 4.78 is 0. The monoisotopic (exact) mass is 247 g/mol. The lowest BCUT2D eigenvalue weighted by molar-refractivity contribution is 1.25. The third-order valence-corrected chi connectivity index (χ3v) is 2.43. The first-order valence-corrected chi connectivity index (χ1v) is 5.96. The van der Waals surface area contributed by atoms with Crippen LogP contribution in [0.15, 0.2) is 70.6 Å². The standard InChI is InChI=1S/C16H13N3/c17-11-14(12-18-15-7-3-1-4-8-15)13-19-16-9-5-2-6-10-16/h1-10,12-14H. The summed E-state index contributed by atoms with van der Waals surface area (Å²) in [6.07, 6.45) is 3.20. The summed E-state index contributed by atoms with van der Waals surface area (Å²) in [6.45, 7) is 0. The fourth-order valence-electron chi connectivity index (χ4n) is 1.47. The minimum absolute atomic E-state index is 0.430. The third-order valence-electron chi connectivity index (χ3n) is 2.43. The lowest BCUT2D eigenvalue weighted by atomic mass is 10.2. The summed E-state index contributed by atoms with van der Waals surface area (Å²) in [6, 6.07) is 21.2. The molecule has 0 aliphatic carbocycles. The second kappa shape index (κ2) is 6.87. The van der Waals surface area contributed by atoms with E-state index in [9.17, 15) is 0 Å². The van der Waals surface area contributed by atoms with E-state index in [1.54, 1.807) is 12.4 Å². The fraction of sp³-hybridized carbons (Fsp3) is 0.0625. The summed E-state index contributed by atoms with van der Waals surface area (Å²) >= 11 is 0. The van der Waals surface area contributed by atoms with Gasteiger partial charge in [0.15, 0.2) is 0 Å². The molecule has 0 aliphatic heterocycles. The van der Waals surface area contributed by atoms with Crippen molar-refractivity contribution < 1.29 is 0 Å². The number of benzene rings is 2.